The Morgan fingerprint density at radius 2 is 1.77 bits per heavy atom. The monoisotopic (exact) mass is 305 g/mol. The van der Waals surface area contributed by atoms with E-state index in [2.05, 4.69) is 11.8 Å². The van der Waals surface area contributed by atoms with E-state index in [1.165, 1.54) is 12.8 Å². The lowest BCUT2D eigenvalue weighted by Gasteiger charge is -2.16. The molecule has 0 spiro atoms. The van der Waals surface area contributed by atoms with Crippen LogP contribution in [0.4, 0.5) is 0 Å². The normalized spacial score (nSPS) is 15.0. The molecule has 122 valence electrons. The summed E-state index contributed by atoms with van der Waals surface area (Å²) in [6.45, 7) is 10.2. The molecule has 4 heteroatoms. The van der Waals surface area contributed by atoms with Crippen LogP contribution in [0.15, 0.2) is 12.1 Å². The number of benzene rings is 1. The average molecular weight is 305 g/mol. The summed E-state index contributed by atoms with van der Waals surface area (Å²) in [5, 5.41) is 0. The molecule has 1 saturated heterocycles. The van der Waals surface area contributed by atoms with E-state index in [4.69, 9.17) is 9.47 Å². The van der Waals surface area contributed by atoms with Crippen molar-refractivity contribution in [3.05, 3.63) is 28.8 Å². The largest absolute Gasteiger partial charge is 0.494 e. The molecule has 0 radical (unpaired) electrons. The van der Waals surface area contributed by atoms with Crippen LogP contribution in [0, 0.1) is 13.8 Å². The fourth-order valence-electron chi connectivity index (χ4n) is 2.89. The summed E-state index contributed by atoms with van der Waals surface area (Å²) in [4.78, 5) is 14.6. The van der Waals surface area contributed by atoms with Gasteiger partial charge in [0.2, 0.25) is 0 Å². The number of likely N-dealkylation sites (tertiary alicyclic amines) is 1. The minimum atomic E-state index is -0.226. The number of nitrogens with zero attached hydrogens (tertiary/aromatic N) is 1. The van der Waals surface area contributed by atoms with E-state index in [1.54, 1.807) is 0 Å². The fraction of sp³-hybridized carbons (Fsp3) is 0.611. The third-order valence-corrected chi connectivity index (χ3v) is 4.02. The van der Waals surface area contributed by atoms with Crippen LogP contribution in [0.2, 0.25) is 0 Å². The Bertz CT molecular complexity index is 484. The number of aryl methyl sites for hydroxylation is 2. The first-order chi connectivity index (χ1) is 10.6. The Balaban J connectivity index is 1.93. The van der Waals surface area contributed by atoms with Crippen LogP contribution >= 0.6 is 0 Å². The SMILES string of the molecule is CCCOc1cc(C)c(C(=O)OCCN2CCCC2)c(C)c1. The maximum Gasteiger partial charge on any atom is 0.338 e. The van der Waals surface area contributed by atoms with Gasteiger partial charge in [-0.1, -0.05) is 6.92 Å². The zero-order valence-corrected chi connectivity index (χ0v) is 14.0. The van der Waals surface area contributed by atoms with Crippen LogP contribution in [0.5, 0.6) is 5.75 Å². The first-order valence-corrected chi connectivity index (χ1v) is 8.25. The highest BCUT2D eigenvalue weighted by Crippen LogP contribution is 2.23. The molecular formula is C18H27NO3. The van der Waals surface area contributed by atoms with Crippen molar-refractivity contribution >= 4 is 5.97 Å². The van der Waals surface area contributed by atoms with Gasteiger partial charge in [0.1, 0.15) is 12.4 Å². The van der Waals surface area contributed by atoms with Gasteiger partial charge in [-0.15, -0.1) is 0 Å². The highest BCUT2D eigenvalue weighted by molar-refractivity contribution is 5.93. The minimum absolute atomic E-state index is 0.226. The van der Waals surface area contributed by atoms with E-state index in [0.717, 1.165) is 42.9 Å². The van der Waals surface area contributed by atoms with Crippen molar-refractivity contribution in [1.29, 1.82) is 0 Å². The van der Waals surface area contributed by atoms with E-state index in [0.29, 0.717) is 18.8 Å². The smallest absolute Gasteiger partial charge is 0.338 e. The molecule has 0 bridgehead atoms. The van der Waals surface area contributed by atoms with Gasteiger partial charge < -0.3 is 9.47 Å². The van der Waals surface area contributed by atoms with Crippen LogP contribution in [0.3, 0.4) is 0 Å². The number of hydrogen-bond donors (Lipinski definition) is 0. The van der Waals surface area contributed by atoms with Crippen molar-refractivity contribution in [3.63, 3.8) is 0 Å². The standard InChI is InChI=1S/C18H27NO3/c1-4-10-21-16-12-14(2)17(15(3)13-16)18(20)22-11-9-19-7-5-6-8-19/h12-13H,4-11H2,1-3H3. The van der Waals surface area contributed by atoms with Crippen LogP contribution in [-0.4, -0.2) is 43.7 Å². The molecule has 0 aliphatic carbocycles. The quantitative estimate of drug-likeness (QED) is 0.724. The Morgan fingerprint density at radius 1 is 1.14 bits per heavy atom. The molecule has 1 aliphatic heterocycles. The molecule has 0 aromatic heterocycles. The van der Waals surface area contributed by atoms with Crippen molar-refractivity contribution in [2.75, 3.05) is 32.8 Å². The lowest BCUT2D eigenvalue weighted by atomic mass is 10.0. The zero-order chi connectivity index (χ0) is 15.9. The summed E-state index contributed by atoms with van der Waals surface area (Å²) in [5.74, 6) is 0.599. The third-order valence-electron chi connectivity index (χ3n) is 4.02. The second-order valence-corrected chi connectivity index (χ2v) is 5.97. The van der Waals surface area contributed by atoms with Gasteiger partial charge in [-0.05, 0) is 69.5 Å². The lowest BCUT2D eigenvalue weighted by Crippen LogP contribution is -2.25. The van der Waals surface area contributed by atoms with Crippen molar-refractivity contribution in [2.45, 2.75) is 40.0 Å². The van der Waals surface area contributed by atoms with Crippen LogP contribution in [0.25, 0.3) is 0 Å². The maximum atomic E-state index is 12.3. The summed E-state index contributed by atoms with van der Waals surface area (Å²) >= 11 is 0. The number of carbonyl (C=O) groups excluding carboxylic acids is 1. The Hall–Kier alpha value is -1.55. The van der Waals surface area contributed by atoms with Crippen LogP contribution in [0.1, 0.15) is 47.7 Å². The van der Waals surface area contributed by atoms with E-state index >= 15 is 0 Å². The van der Waals surface area contributed by atoms with Crippen molar-refractivity contribution in [3.8, 4) is 5.75 Å². The Kier molecular flexibility index (Phi) is 6.25. The van der Waals surface area contributed by atoms with Crippen molar-refractivity contribution in [1.82, 2.24) is 4.90 Å². The van der Waals surface area contributed by atoms with Gasteiger partial charge in [0, 0.05) is 6.54 Å². The first kappa shape index (κ1) is 16.8. The van der Waals surface area contributed by atoms with Crippen LogP contribution < -0.4 is 4.74 Å². The molecule has 1 aromatic rings. The minimum Gasteiger partial charge on any atom is -0.494 e. The van der Waals surface area contributed by atoms with Gasteiger partial charge in [-0.3, -0.25) is 4.90 Å². The van der Waals surface area contributed by atoms with Crippen molar-refractivity contribution in [2.24, 2.45) is 0 Å². The van der Waals surface area contributed by atoms with Crippen LogP contribution in [-0.2, 0) is 4.74 Å². The van der Waals surface area contributed by atoms with Gasteiger partial charge in [0.25, 0.3) is 0 Å². The second kappa shape index (κ2) is 8.18. The molecule has 1 heterocycles. The summed E-state index contributed by atoms with van der Waals surface area (Å²) in [6.07, 6.45) is 3.48. The number of ether oxygens (including phenoxy) is 2. The molecule has 22 heavy (non-hydrogen) atoms. The van der Waals surface area contributed by atoms with E-state index < -0.39 is 0 Å². The molecule has 4 nitrogen and oxygen atoms in total. The summed E-state index contributed by atoms with van der Waals surface area (Å²) in [5.41, 5.74) is 2.50. The fourth-order valence-corrected chi connectivity index (χ4v) is 2.89. The Labute approximate surface area is 133 Å². The molecule has 0 unspecified atom stereocenters. The summed E-state index contributed by atoms with van der Waals surface area (Å²) in [6, 6.07) is 3.83. The number of hydrogen-bond acceptors (Lipinski definition) is 4. The topological polar surface area (TPSA) is 38.8 Å². The van der Waals surface area contributed by atoms with E-state index in [-0.39, 0.29) is 5.97 Å². The second-order valence-electron chi connectivity index (χ2n) is 5.97. The van der Waals surface area contributed by atoms with Gasteiger partial charge in [0.05, 0.1) is 12.2 Å². The molecule has 1 fully saturated rings. The van der Waals surface area contributed by atoms with Gasteiger partial charge in [-0.2, -0.15) is 0 Å². The molecule has 1 aromatic carbocycles. The molecule has 2 rings (SSSR count). The lowest BCUT2D eigenvalue weighted by molar-refractivity contribution is 0.0470. The van der Waals surface area contributed by atoms with Crippen molar-refractivity contribution < 1.29 is 14.3 Å². The maximum absolute atomic E-state index is 12.3. The predicted molar refractivity (Wildman–Crippen MR) is 87.7 cm³/mol. The molecular weight excluding hydrogens is 278 g/mol. The number of rotatable bonds is 7. The third kappa shape index (κ3) is 4.47. The zero-order valence-electron chi connectivity index (χ0n) is 14.0. The highest BCUT2D eigenvalue weighted by atomic mass is 16.5. The van der Waals surface area contributed by atoms with E-state index in [9.17, 15) is 4.79 Å². The Morgan fingerprint density at radius 3 is 2.36 bits per heavy atom. The number of carbonyl (C=O) groups is 1. The molecule has 0 N–H and O–H groups in total. The highest BCUT2D eigenvalue weighted by Gasteiger charge is 2.17. The van der Waals surface area contributed by atoms with Gasteiger partial charge >= 0.3 is 5.97 Å². The van der Waals surface area contributed by atoms with Gasteiger partial charge in [-0.25, -0.2) is 4.79 Å². The first-order valence-electron chi connectivity index (χ1n) is 8.25. The average Bonchev–Trinajstić information content (AvgIpc) is 2.97. The number of esters is 1. The van der Waals surface area contributed by atoms with Gasteiger partial charge in [0.15, 0.2) is 0 Å². The summed E-state index contributed by atoms with van der Waals surface area (Å²) < 4.78 is 11.1. The molecule has 0 atom stereocenters. The molecule has 1 aliphatic rings. The summed E-state index contributed by atoms with van der Waals surface area (Å²) in [7, 11) is 0. The predicted octanol–water partition coefficient (Wildman–Crippen LogP) is 3.34. The van der Waals surface area contributed by atoms with E-state index in [1.807, 2.05) is 26.0 Å². The molecule has 0 saturated carbocycles. The molecule has 0 amide bonds.